The van der Waals surface area contributed by atoms with Gasteiger partial charge in [-0.2, -0.15) is 0 Å². The fourth-order valence-electron chi connectivity index (χ4n) is 5.64. The molecule has 0 unspecified atom stereocenters. The van der Waals surface area contributed by atoms with Gasteiger partial charge in [0.25, 0.3) is 0 Å². The van der Waals surface area contributed by atoms with Gasteiger partial charge in [-0.25, -0.2) is 12.8 Å². The van der Waals surface area contributed by atoms with E-state index in [0.717, 1.165) is 35.6 Å². The maximum absolute atomic E-state index is 15.0. The van der Waals surface area contributed by atoms with Gasteiger partial charge in [0.05, 0.1) is 11.4 Å². The number of nitrogens with zero attached hydrogens (tertiary/aromatic N) is 2. The van der Waals surface area contributed by atoms with Crippen molar-refractivity contribution >= 4 is 27.5 Å². The highest BCUT2D eigenvalue weighted by Gasteiger charge is 2.35. The summed E-state index contributed by atoms with van der Waals surface area (Å²) in [5.74, 6) is -0.925. The highest BCUT2D eigenvalue weighted by atomic mass is 32.2. The Bertz CT molecular complexity index is 1560. The van der Waals surface area contributed by atoms with Gasteiger partial charge < -0.3 is 19.7 Å². The third-order valence-corrected chi connectivity index (χ3v) is 9.81. The second-order valence-corrected chi connectivity index (χ2v) is 13.2. The lowest BCUT2D eigenvalue weighted by Crippen LogP contribution is -2.54. The van der Waals surface area contributed by atoms with E-state index in [4.69, 9.17) is 9.47 Å². The molecule has 0 radical (unpaired) electrons. The van der Waals surface area contributed by atoms with Crippen LogP contribution in [0.5, 0.6) is 11.5 Å². The zero-order valence-electron chi connectivity index (χ0n) is 24.8. The van der Waals surface area contributed by atoms with Crippen molar-refractivity contribution in [2.75, 3.05) is 29.8 Å². The molecule has 44 heavy (non-hydrogen) atoms. The lowest BCUT2D eigenvalue weighted by Gasteiger charge is -2.34. The summed E-state index contributed by atoms with van der Waals surface area (Å²) < 4.78 is 54.1. The Labute approximate surface area is 258 Å². The standard InChI is InChI=1S/C33H38FN3O6S/c1-2-44(40,41)37(27-16-17-30-31(21-27)43-19-18-42-30)23-32(38)36(22-25-12-6-9-15-28(25)34)29(20-24-10-4-3-5-11-24)33(39)35-26-13-7-8-14-26/h3-6,9-12,15-17,21,26,29H,2,7-8,13-14,18-20,22-23H2,1H3,(H,35,39)/t29-/m0/s1. The molecular weight excluding hydrogens is 585 g/mol. The van der Waals surface area contributed by atoms with Gasteiger partial charge in [0.15, 0.2) is 11.5 Å². The van der Waals surface area contributed by atoms with E-state index in [-0.39, 0.29) is 41.9 Å². The molecule has 1 aliphatic carbocycles. The fourth-order valence-corrected chi connectivity index (χ4v) is 6.69. The van der Waals surface area contributed by atoms with E-state index in [1.54, 1.807) is 30.3 Å². The average Bonchev–Trinajstić information content (AvgIpc) is 3.55. The molecular formula is C33H38FN3O6S. The molecule has 3 aromatic carbocycles. The van der Waals surface area contributed by atoms with Crippen LogP contribution in [0, 0.1) is 5.82 Å². The number of carbonyl (C=O) groups excluding carboxylic acids is 2. The molecule has 0 aromatic heterocycles. The number of nitrogens with one attached hydrogen (secondary N) is 1. The number of carbonyl (C=O) groups is 2. The predicted molar refractivity (Wildman–Crippen MR) is 166 cm³/mol. The summed E-state index contributed by atoms with van der Waals surface area (Å²) in [7, 11) is -3.96. The molecule has 1 fully saturated rings. The van der Waals surface area contributed by atoms with Gasteiger partial charge in [0.1, 0.15) is 31.6 Å². The zero-order valence-corrected chi connectivity index (χ0v) is 25.6. The van der Waals surface area contributed by atoms with Crippen molar-refractivity contribution in [2.45, 2.75) is 57.7 Å². The molecule has 9 nitrogen and oxygen atoms in total. The number of rotatable bonds is 12. The number of benzene rings is 3. The third kappa shape index (κ3) is 7.50. The highest BCUT2D eigenvalue weighted by Crippen LogP contribution is 2.35. The minimum absolute atomic E-state index is 0.0131. The number of anilines is 1. The number of amides is 2. The van der Waals surface area contributed by atoms with Gasteiger partial charge in [-0.1, -0.05) is 61.4 Å². The first-order valence-electron chi connectivity index (χ1n) is 15.0. The summed E-state index contributed by atoms with van der Waals surface area (Å²) in [4.78, 5) is 29.6. The van der Waals surface area contributed by atoms with Crippen LogP contribution in [0.2, 0.25) is 0 Å². The summed E-state index contributed by atoms with van der Waals surface area (Å²) in [5, 5.41) is 3.11. The first-order valence-corrected chi connectivity index (χ1v) is 16.6. The topological polar surface area (TPSA) is 105 Å². The first kappa shape index (κ1) is 31.3. The average molecular weight is 624 g/mol. The molecule has 2 amide bonds. The van der Waals surface area contributed by atoms with Crippen LogP contribution in [0.15, 0.2) is 72.8 Å². The monoisotopic (exact) mass is 623 g/mol. The van der Waals surface area contributed by atoms with Crippen LogP contribution >= 0.6 is 0 Å². The quantitative estimate of drug-likeness (QED) is 0.320. The fraction of sp³-hybridized carbons (Fsp3) is 0.394. The highest BCUT2D eigenvalue weighted by molar-refractivity contribution is 7.92. The summed E-state index contributed by atoms with van der Waals surface area (Å²) >= 11 is 0. The molecule has 1 atom stereocenters. The number of hydrogen-bond donors (Lipinski definition) is 1. The molecule has 234 valence electrons. The molecule has 0 bridgehead atoms. The zero-order chi connectivity index (χ0) is 31.1. The van der Waals surface area contributed by atoms with Crippen LogP contribution in [-0.2, 0) is 32.6 Å². The van der Waals surface area contributed by atoms with E-state index >= 15 is 0 Å². The van der Waals surface area contributed by atoms with Crippen LogP contribution in [0.1, 0.15) is 43.7 Å². The van der Waals surface area contributed by atoms with E-state index < -0.39 is 34.3 Å². The van der Waals surface area contributed by atoms with Crippen LogP contribution in [0.3, 0.4) is 0 Å². The van der Waals surface area contributed by atoms with Gasteiger partial charge in [0, 0.05) is 30.6 Å². The minimum atomic E-state index is -3.96. The summed E-state index contributed by atoms with van der Waals surface area (Å²) in [6.07, 6.45) is 3.87. The summed E-state index contributed by atoms with van der Waals surface area (Å²) in [5.41, 5.74) is 1.26. The maximum Gasteiger partial charge on any atom is 0.244 e. The van der Waals surface area contributed by atoms with E-state index in [1.165, 1.54) is 24.0 Å². The van der Waals surface area contributed by atoms with Crippen molar-refractivity contribution in [1.82, 2.24) is 10.2 Å². The third-order valence-electron chi connectivity index (χ3n) is 8.06. The lowest BCUT2D eigenvalue weighted by atomic mass is 10.0. The van der Waals surface area contributed by atoms with E-state index in [9.17, 15) is 22.4 Å². The van der Waals surface area contributed by atoms with Gasteiger partial charge in [0.2, 0.25) is 21.8 Å². The predicted octanol–water partition coefficient (Wildman–Crippen LogP) is 4.45. The molecule has 1 heterocycles. The molecule has 0 spiro atoms. The van der Waals surface area contributed by atoms with Crippen LogP contribution < -0.4 is 19.1 Å². The van der Waals surface area contributed by atoms with E-state index in [1.807, 2.05) is 30.3 Å². The Hall–Kier alpha value is -4.12. The van der Waals surface area contributed by atoms with Crippen LogP contribution in [0.25, 0.3) is 0 Å². The molecule has 2 aliphatic rings. The Morgan fingerprint density at radius 3 is 2.34 bits per heavy atom. The molecule has 1 saturated carbocycles. The normalized spacial score (nSPS) is 15.4. The molecule has 1 N–H and O–H groups in total. The molecule has 5 rings (SSSR count). The van der Waals surface area contributed by atoms with Crippen molar-refractivity contribution in [1.29, 1.82) is 0 Å². The number of halogens is 1. The van der Waals surface area contributed by atoms with E-state index in [2.05, 4.69) is 5.32 Å². The molecule has 1 aliphatic heterocycles. The smallest absolute Gasteiger partial charge is 0.244 e. The minimum Gasteiger partial charge on any atom is -0.486 e. The van der Waals surface area contributed by atoms with Crippen LogP contribution in [0.4, 0.5) is 10.1 Å². The number of hydrogen-bond acceptors (Lipinski definition) is 6. The summed E-state index contributed by atoms with van der Waals surface area (Å²) in [6.45, 7) is 1.37. The number of ether oxygens (including phenoxy) is 2. The Morgan fingerprint density at radius 1 is 0.955 bits per heavy atom. The Kier molecular flexibility index (Phi) is 10.0. The van der Waals surface area contributed by atoms with E-state index in [0.29, 0.717) is 24.7 Å². The van der Waals surface area contributed by atoms with Gasteiger partial charge >= 0.3 is 0 Å². The summed E-state index contributed by atoms with van der Waals surface area (Å²) in [6, 6.07) is 19.0. The van der Waals surface area contributed by atoms with Gasteiger partial charge in [-0.3, -0.25) is 13.9 Å². The van der Waals surface area contributed by atoms with Crippen molar-refractivity contribution in [3.05, 3.63) is 89.7 Å². The van der Waals surface area contributed by atoms with Crippen molar-refractivity contribution in [2.24, 2.45) is 0 Å². The van der Waals surface area contributed by atoms with Gasteiger partial charge in [-0.15, -0.1) is 0 Å². The number of fused-ring (bicyclic) bond motifs is 1. The van der Waals surface area contributed by atoms with Crippen molar-refractivity contribution in [3.8, 4) is 11.5 Å². The molecule has 0 saturated heterocycles. The number of sulfonamides is 1. The second-order valence-electron chi connectivity index (χ2n) is 11.0. The van der Waals surface area contributed by atoms with Crippen LogP contribution in [-0.4, -0.2) is 62.7 Å². The first-order chi connectivity index (χ1) is 21.2. The second kappa shape index (κ2) is 14.1. The lowest BCUT2D eigenvalue weighted by molar-refractivity contribution is -0.140. The molecule has 11 heteroatoms. The Balaban J connectivity index is 1.53. The molecule has 3 aromatic rings. The van der Waals surface area contributed by atoms with Crippen molar-refractivity contribution in [3.63, 3.8) is 0 Å². The maximum atomic E-state index is 15.0. The SMILES string of the molecule is CCS(=O)(=O)N(CC(=O)N(Cc1ccccc1F)[C@@H](Cc1ccccc1)C(=O)NC1CCCC1)c1ccc2c(c1)OCCO2. The largest absolute Gasteiger partial charge is 0.486 e. The van der Waals surface area contributed by atoms with Crippen molar-refractivity contribution < 1.29 is 31.9 Å². The van der Waals surface area contributed by atoms with Gasteiger partial charge in [-0.05, 0) is 43.5 Å². The Morgan fingerprint density at radius 2 is 1.64 bits per heavy atom.